The summed E-state index contributed by atoms with van der Waals surface area (Å²) in [6, 6.07) is 2.15. The highest BCUT2D eigenvalue weighted by atomic mass is 35.5. The number of amides is 4. The Kier molecular flexibility index (Phi) is 10.0. The smallest absolute Gasteiger partial charge is 0.391 e. The number of hydrogen-bond acceptors (Lipinski definition) is 6. The first kappa shape index (κ1) is 35.1. The van der Waals surface area contributed by atoms with Crippen LogP contribution < -0.4 is 16.0 Å². The predicted molar refractivity (Wildman–Crippen MR) is 164 cm³/mol. The third-order valence-electron chi connectivity index (χ3n) is 8.39. The highest BCUT2D eigenvalue weighted by Gasteiger charge is 2.59. The number of anilines is 1. The van der Waals surface area contributed by atoms with Gasteiger partial charge < -0.3 is 30.5 Å². The fourth-order valence-electron chi connectivity index (χ4n) is 5.52. The molecule has 1 aromatic carbocycles. The van der Waals surface area contributed by atoms with Crippen molar-refractivity contribution < 1.29 is 41.4 Å². The quantitative estimate of drug-likeness (QED) is 0.166. The number of nitrogens with zero attached hydrogens (tertiary/aromatic N) is 5. The predicted octanol–water partition coefficient (Wildman–Crippen LogP) is 4.85. The average Bonchev–Trinajstić information content (AvgIpc) is 3.40. The van der Waals surface area contributed by atoms with E-state index in [9.17, 15) is 41.4 Å². The van der Waals surface area contributed by atoms with Crippen LogP contribution in [0.1, 0.15) is 71.2 Å². The minimum absolute atomic E-state index is 0.0236. The van der Waals surface area contributed by atoms with Gasteiger partial charge in [0.25, 0.3) is 17.7 Å². The van der Waals surface area contributed by atoms with Crippen molar-refractivity contribution in [1.82, 2.24) is 34.9 Å². The van der Waals surface area contributed by atoms with E-state index in [1.54, 1.807) is 7.05 Å². The van der Waals surface area contributed by atoms with Crippen LogP contribution in [0, 0.1) is 0 Å². The van der Waals surface area contributed by atoms with E-state index in [1.807, 2.05) is 0 Å². The van der Waals surface area contributed by atoms with Crippen LogP contribution in [-0.2, 0) is 13.2 Å². The topological polar surface area (TPSA) is 146 Å². The van der Waals surface area contributed by atoms with E-state index in [-0.39, 0.29) is 39.9 Å². The van der Waals surface area contributed by atoms with E-state index in [0.717, 1.165) is 29.8 Å². The molecule has 2 aromatic heterocycles. The SMILES string of the molecule is CN(CCCCNC(=O)c1ccc(NC(=O)c2ncc(-c3cn(C4CC4(F)F)nc3C(F)(F)F)n2C)cc1Cl)C(=O)N[C@H]1CCC[C@@H]1O. The van der Waals surface area contributed by atoms with Gasteiger partial charge in [0, 0.05) is 45.5 Å². The second-order valence-electron chi connectivity index (χ2n) is 12.0. The molecule has 0 aliphatic heterocycles. The zero-order valence-corrected chi connectivity index (χ0v) is 26.7. The molecule has 12 nitrogen and oxygen atoms in total. The third kappa shape index (κ3) is 7.72. The van der Waals surface area contributed by atoms with Crippen LogP contribution >= 0.6 is 11.6 Å². The monoisotopic (exact) mass is 700 g/mol. The molecule has 0 saturated heterocycles. The van der Waals surface area contributed by atoms with Crippen molar-refractivity contribution in [2.45, 2.75) is 68.8 Å². The summed E-state index contributed by atoms with van der Waals surface area (Å²) in [5.41, 5.74) is -1.73. The van der Waals surface area contributed by atoms with Gasteiger partial charge in [0.05, 0.1) is 40.2 Å². The third-order valence-corrected chi connectivity index (χ3v) is 8.71. The van der Waals surface area contributed by atoms with Gasteiger partial charge in [-0.05, 0) is 50.3 Å². The number of imidazole rings is 1. The molecule has 5 rings (SSSR count). The van der Waals surface area contributed by atoms with Gasteiger partial charge >= 0.3 is 12.2 Å². The summed E-state index contributed by atoms with van der Waals surface area (Å²) in [5, 5.41) is 21.4. The average molecular weight is 701 g/mol. The maximum atomic E-state index is 13.7. The molecular weight excluding hydrogens is 667 g/mol. The molecule has 4 amide bonds. The number of hydrogen-bond donors (Lipinski definition) is 4. The first-order chi connectivity index (χ1) is 22.6. The minimum atomic E-state index is -4.95. The molecular formula is C30H34ClF5N8O4. The van der Waals surface area contributed by atoms with Crippen LogP contribution in [0.2, 0.25) is 5.02 Å². The Morgan fingerprint density at radius 1 is 1.17 bits per heavy atom. The zero-order chi connectivity index (χ0) is 35.0. The Morgan fingerprint density at radius 2 is 1.90 bits per heavy atom. The van der Waals surface area contributed by atoms with Crippen LogP contribution in [0.4, 0.5) is 32.4 Å². The Bertz CT molecular complexity index is 1690. The van der Waals surface area contributed by atoms with E-state index < -0.39 is 53.7 Å². The zero-order valence-electron chi connectivity index (χ0n) is 26.0. The standard InChI is InChI=1S/C30H34ClF5N8O4/c1-42(28(48)40-20-6-5-7-22(20)45)11-4-3-10-37-26(46)17-9-8-16(12-19(17)31)39-27(47)25-38-14-21(43(25)2)18-15-44(23-13-29(23,32)33)41-24(18)30(34,35)36/h8-9,12,14-15,20,22-23,45H,3-7,10-11,13H2,1-2H3,(H,37,46)(H,39,47)(H,40,48)/t20-,22-,23?/m0/s1. The van der Waals surface area contributed by atoms with Gasteiger partial charge in [-0.25, -0.2) is 18.6 Å². The lowest BCUT2D eigenvalue weighted by Gasteiger charge is -2.22. The maximum Gasteiger partial charge on any atom is 0.435 e. The van der Waals surface area contributed by atoms with Crippen molar-refractivity contribution in [2.24, 2.45) is 7.05 Å². The highest BCUT2D eigenvalue weighted by Crippen LogP contribution is 2.53. The minimum Gasteiger partial charge on any atom is -0.391 e. The molecule has 2 saturated carbocycles. The summed E-state index contributed by atoms with van der Waals surface area (Å²) < 4.78 is 69.9. The summed E-state index contributed by atoms with van der Waals surface area (Å²) >= 11 is 6.31. The van der Waals surface area contributed by atoms with Gasteiger partial charge in [-0.2, -0.15) is 18.3 Å². The number of carbonyl (C=O) groups excluding carboxylic acids is 3. The summed E-state index contributed by atoms with van der Waals surface area (Å²) in [7, 11) is 2.96. The Labute approximate surface area is 276 Å². The van der Waals surface area contributed by atoms with Crippen molar-refractivity contribution in [1.29, 1.82) is 0 Å². The number of halogens is 6. The van der Waals surface area contributed by atoms with E-state index >= 15 is 0 Å². The number of benzene rings is 1. The Balaban J connectivity index is 1.14. The number of carbonyl (C=O) groups is 3. The molecule has 3 aromatic rings. The number of aliphatic hydroxyl groups is 1. The van der Waals surface area contributed by atoms with Crippen LogP contribution in [0.3, 0.4) is 0 Å². The largest absolute Gasteiger partial charge is 0.435 e. The normalized spacial score (nSPS) is 20.0. The maximum absolute atomic E-state index is 13.7. The Hall–Kier alpha value is -4.25. The van der Waals surface area contributed by atoms with Crippen molar-refractivity contribution in [3.05, 3.63) is 52.7 Å². The number of aromatic nitrogens is 4. The molecule has 2 heterocycles. The molecule has 2 aliphatic rings. The van der Waals surface area contributed by atoms with Gasteiger partial charge in [-0.3, -0.25) is 14.3 Å². The Morgan fingerprint density at radius 3 is 2.52 bits per heavy atom. The van der Waals surface area contributed by atoms with Gasteiger partial charge in [-0.1, -0.05) is 11.6 Å². The molecule has 0 bridgehead atoms. The van der Waals surface area contributed by atoms with E-state index in [2.05, 4.69) is 26.0 Å². The first-order valence-electron chi connectivity index (χ1n) is 15.2. The number of unbranched alkanes of at least 4 members (excludes halogenated alkanes) is 1. The van der Waals surface area contributed by atoms with E-state index in [0.29, 0.717) is 37.0 Å². The summed E-state index contributed by atoms with van der Waals surface area (Å²) in [6.07, 6.45) is -0.741. The van der Waals surface area contributed by atoms with Crippen LogP contribution in [0.15, 0.2) is 30.6 Å². The van der Waals surface area contributed by atoms with Crippen molar-refractivity contribution in [2.75, 3.05) is 25.5 Å². The van der Waals surface area contributed by atoms with Gasteiger partial charge in [0.2, 0.25) is 0 Å². The van der Waals surface area contributed by atoms with Crippen molar-refractivity contribution in [3.8, 4) is 11.3 Å². The van der Waals surface area contributed by atoms with Crippen LogP contribution in [0.5, 0.6) is 0 Å². The molecule has 0 radical (unpaired) electrons. The highest BCUT2D eigenvalue weighted by molar-refractivity contribution is 6.34. The molecule has 18 heteroatoms. The fourth-order valence-corrected chi connectivity index (χ4v) is 5.79. The lowest BCUT2D eigenvalue weighted by molar-refractivity contribution is -0.141. The van der Waals surface area contributed by atoms with Gasteiger partial charge in [0.1, 0.15) is 6.04 Å². The molecule has 48 heavy (non-hydrogen) atoms. The fraction of sp³-hybridized carbons (Fsp3) is 0.500. The number of rotatable bonds is 11. The second kappa shape index (κ2) is 13.7. The van der Waals surface area contributed by atoms with Crippen molar-refractivity contribution in [3.63, 3.8) is 0 Å². The molecule has 3 atom stereocenters. The number of alkyl halides is 5. The number of aliphatic hydroxyl groups excluding tert-OH is 1. The van der Waals surface area contributed by atoms with E-state index in [1.165, 1.54) is 30.1 Å². The molecule has 2 fully saturated rings. The summed E-state index contributed by atoms with van der Waals surface area (Å²) in [5.74, 6) is -4.69. The molecule has 4 N–H and O–H groups in total. The first-order valence-corrected chi connectivity index (χ1v) is 15.6. The van der Waals surface area contributed by atoms with Crippen LogP contribution in [0.25, 0.3) is 11.3 Å². The summed E-state index contributed by atoms with van der Waals surface area (Å²) in [6.45, 7) is 0.758. The molecule has 260 valence electrons. The number of urea groups is 1. The van der Waals surface area contributed by atoms with E-state index in [4.69, 9.17) is 11.6 Å². The molecule has 2 aliphatic carbocycles. The van der Waals surface area contributed by atoms with Gasteiger partial charge in [-0.15, -0.1) is 0 Å². The molecule has 0 spiro atoms. The van der Waals surface area contributed by atoms with Gasteiger partial charge in [0.15, 0.2) is 11.5 Å². The van der Waals surface area contributed by atoms with Crippen molar-refractivity contribution >= 4 is 35.1 Å². The lowest BCUT2D eigenvalue weighted by atomic mass is 10.2. The van der Waals surface area contributed by atoms with Crippen LogP contribution in [-0.4, -0.2) is 85.4 Å². The second-order valence-corrected chi connectivity index (χ2v) is 12.4. The molecule has 1 unspecified atom stereocenters. The summed E-state index contributed by atoms with van der Waals surface area (Å²) in [4.78, 5) is 43.5. The lowest BCUT2D eigenvalue weighted by Crippen LogP contribution is -2.46. The number of nitrogens with one attached hydrogen (secondary N) is 3.